The smallest absolute Gasteiger partial charge is 0.449 e. The average Bonchev–Trinajstić information content (AvgIpc) is 2.82. The van der Waals surface area contributed by atoms with E-state index in [1.54, 1.807) is 4.90 Å². The quantitative estimate of drug-likeness (QED) is 0.799. The predicted octanol–water partition coefficient (Wildman–Crippen LogP) is 3.23. The van der Waals surface area contributed by atoms with E-state index in [2.05, 4.69) is 4.98 Å². The normalized spacial score (nSPS) is 17.8. The third-order valence-electron chi connectivity index (χ3n) is 4.92. The van der Waals surface area contributed by atoms with Crippen LogP contribution in [-0.2, 0) is 17.5 Å². The highest BCUT2D eigenvalue weighted by molar-refractivity contribution is 5.84. The number of fused-ring (bicyclic) bond motifs is 2. The fourth-order valence-electron chi connectivity index (χ4n) is 3.59. The average molecular weight is 383 g/mol. The molecule has 6 nitrogen and oxygen atoms in total. The maximum atomic E-state index is 13.6. The van der Waals surface area contributed by atoms with Crippen LogP contribution in [0.2, 0.25) is 0 Å². The summed E-state index contributed by atoms with van der Waals surface area (Å²) in [6.45, 7) is 1.42. The third kappa shape index (κ3) is 3.54. The van der Waals surface area contributed by atoms with E-state index in [0.717, 1.165) is 30.3 Å². The zero-order valence-corrected chi connectivity index (χ0v) is 14.7. The fourth-order valence-corrected chi connectivity index (χ4v) is 3.59. The predicted molar refractivity (Wildman–Crippen MR) is 90.8 cm³/mol. The lowest BCUT2D eigenvalue weighted by molar-refractivity contribution is -0.148. The van der Waals surface area contributed by atoms with E-state index in [-0.39, 0.29) is 16.9 Å². The number of hydrogen-bond acceptors (Lipinski definition) is 4. The Morgan fingerprint density at radius 1 is 1.04 bits per heavy atom. The van der Waals surface area contributed by atoms with Crippen molar-refractivity contribution in [3.05, 3.63) is 18.0 Å². The van der Waals surface area contributed by atoms with Gasteiger partial charge in [-0.3, -0.25) is 4.79 Å². The number of likely N-dealkylation sites (tertiary alicyclic amines) is 1. The van der Waals surface area contributed by atoms with Crippen molar-refractivity contribution in [3.8, 4) is 11.5 Å². The van der Waals surface area contributed by atoms with Gasteiger partial charge in [-0.25, -0.2) is 4.98 Å². The first-order valence-corrected chi connectivity index (χ1v) is 9.08. The summed E-state index contributed by atoms with van der Waals surface area (Å²) in [5.41, 5.74) is 0.352. The van der Waals surface area contributed by atoms with Gasteiger partial charge in [-0.15, -0.1) is 0 Å². The van der Waals surface area contributed by atoms with E-state index in [4.69, 9.17) is 9.47 Å². The molecule has 2 aliphatic heterocycles. The van der Waals surface area contributed by atoms with Crippen LogP contribution in [0.25, 0.3) is 11.0 Å². The van der Waals surface area contributed by atoms with Crippen LogP contribution in [-0.4, -0.2) is 46.7 Å². The van der Waals surface area contributed by atoms with Gasteiger partial charge < -0.3 is 18.9 Å². The molecule has 0 bridgehead atoms. The van der Waals surface area contributed by atoms with Crippen molar-refractivity contribution in [1.29, 1.82) is 0 Å². The van der Waals surface area contributed by atoms with Crippen LogP contribution in [0.3, 0.4) is 0 Å². The molecule has 1 amide bonds. The van der Waals surface area contributed by atoms with Crippen molar-refractivity contribution >= 4 is 16.9 Å². The molecule has 146 valence electrons. The Morgan fingerprint density at radius 2 is 1.67 bits per heavy atom. The van der Waals surface area contributed by atoms with Crippen LogP contribution in [0.5, 0.6) is 11.5 Å². The van der Waals surface area contributed by atoms with Crippen LogP contribution in [0.15, 0.2) is 12.1 Å². The highest BCUT2D eigenvalue weighted by atomic mass is 19.4. The first-order valence-electron chi connectivity index (χ1n) is 9.08. The summed E-state index contributed by atoms with van der Waals surface area (Å²) in [4.78, 5) is 18.1. The Kier molecular flexibility index (Phi) is 4.61. The Balaban J connectivity index is 1.73. The van der Waals surface area contributed by atoms with Gasteiger partial charge in [0.15, 0.2) is 11.5 Å². The van der Waals surface area contributed by atoms with E-state index in [0.29, 0.717) is 37.8 Å². The molecule has 0 unspecified atom stereocenters. The molecule has 27 heavy (non-hydrogen) atoms. The molecule has 4 rings (SSSR count). The fraction of sp³-hybridized carbons (Fsp3) is 0.556. The van der Waals surface area contributed by atoms with Crippen LogP contribution < -0.4 is 9.47 Å². The molecule has 3 heterocycles. The number of ether oxygens (including phenoxy) is 2. The summed E-state index contributed by atoms with van der Waals surface area (Å²) in [5.74, 6) is -0.670. The molecule has 0 saturated carbocycles. The maximum absolute atomic E-state index is 13.6. The van der Waals surface area contributed by atoms with E-state index in [1.165, 1.54) is 12.1 Å². The molecule has 1 saturated heterocycles. The van der Waals surface area contributed by atoms with Gasteiger partial charge in [0.1, 0.15) is 19.8 Å². The second kappa shape index (κ2) is 6.94. The van der Waals surface area contributed by atoms with Gasteiger partial charge in [-0.05, 0) is 12.8 Å². The number of alkyl halides is 3. The molecule has 2 aliphatic rings. The van der Waals surface area contributed by atoms with E-state index in [1.807, 2.05) is 0 Å². The molecule has 0 N–H and O–H groups in total. The van der Waals surface area contributed by atoms with Gasteiger partial charge in [0.25, 0.3) is 0 Å². The molecule has 2 aromatic rings. The van der Waals surface area contributed by atoms with E-state index in [9.17, 15) is 18.0 Å². The lowest BCUT2D eigenvalue weighted by Gasteiger charge is -2.22. The maximum Gasteiger partial charge on any atom is 0.449 e. The summed E-state index contributed by atoms with van der Waals surface area (Å²) in [7, 11) is 0. The molecule has 9 heteroatoms. The van der Waals surface area contributed by atoms with Gasteiger partial charge >= 0.3 is 6.18 Å². The minimum absolute atomic E-state index is 0.134. The van der Waals surface area contributed by atoms with Crippen LogP contribution in [0, 0.1) is 0 Å². The zero-order chi connectivity index (χ0) is 19.0. The molecule has 0 radical (unpaired) electrons. The molecular weight excluding hydrogens is 363 g/mol. The number of imidazole rings is 1. The third-order valence-corrected chi connectivity index (χ3v) is 4.92. The second-order valence-electron chi connectivity index (χ2n) is 6.80. The SMILES string of the molecule is O=C(Cn1c(C(F)(F)F)nc2cc3c(cc21)OCCO3)N1CCCCCC1. The number of amides is 1. The van der Waals surface area contributed by atoms with Crippen molar-refractivity contribution in [2.75, 3.05) is 26.3 Å². The Hall–Kier alpha value is -2.45. The number of halogens is 3. The summed E-state index contributed by atoms with van der Waals surface area (Å²) in [6, 6.07) is 2.91. The van der Waals surface area contributed by atoms with E-state index >= 15 is 0 Å². The molecule has 0 atom stereocenters. The van der Waals surface area contributed by atoms with Gasteiger partial charge in [0, 0.05) is 25.2 Å². The van der Waals surface area contributed by atoms with Crippen LogP contribution >= 0.6 is 0 Å². The number of benzene rings is 1. The van der Waals surface area contributed by atoms with Gasteiger partial charge in [0.05, 0.1) is 11.0 Å². The number of nitrogens with zero attached hydrogens (tertiary/aromatic N) is 3. The summed E-state index contributed by atoms with van der Waals surface area (Å²) in [6.07, 6.45) is -0.840. The lowest BCUT2D eigenvalue weighted by Crippen LogP contribution is -2.35. The Labute approximate surface area is 153 Å². The molecular formula is C18H20F3N3O3. The summed E-state index contributed by atoms with van der Waals surface area (Å²) < 4.78 is 52.5. The number of carbonyl (C=O) groups is 1. The molecule has 1 aromatic heterocycles. The number of aromatic nitrogens is 2. The van der Waals surface area contributed by atoms with Crippen molar-refractivity contribution in [1.82, 2.24) is 14.5 Å². The second-order valence-corrected chi connectivity index (χ2v) is 6.80. The molecule has 1 fully saturated rings. The standard InChI is InChI=1S/C18H20F3N3O3/c19-18(20,21)17-22-12-9-14-15(27-8-7-26-14)10-13(12)24(17)11-16(25)23-5-3-1-2-4-6-23/h9-10H,1-8,11H2. The zero-order valence-electron chi connectivity index (χ0n) is 14.7. The van der Waals surface area contributed by atoms with Crippen LogP contribution in [0.4, 0.5) is 13.2 Å². The van der Waals surface area contributed by atoms with Crippen LogP contribution in [0.1, 0.15) is 31.5 Å². The van der Waals surface area contributed by atoms with Gasteiger partial charge in [-0.2, -0.15) is 13.2 Å². The topological polar surface area (TPSA) is 56.6 Å². The first kappa shape index (κ1) is 17.9. The largest absolute Gasteiger partial charge is 0.486 e. The van der Waals surface area contributed by atoms with E-state index < -0.39 is 18.5 Å². The Morgan fingerprint density at radius 3 is 2.30 bits per heavy atom. The Bertz CT molecular complexity index is 855. The molecule has 0 spiro atoms. The van der Waals surface area contributed by atoms with Crippen molar-refractivity contribution < 1.29 is 27.4 Å². The number of carbonyl (C=O) groups excluding carboxylic acids is 1. The molecule has 1 aromatic carbocycles. The number of rotatable bonds is 2. The highest BCUT2D eigenvalue weighted by Crippen LogP contribution is 2.38. The number of hydrogen-bond donors (Lipinski definition) is 0. The monoisotopic (exact) mass is 383 g/mol. The first-order chi connectivity index (χ1) is 12.9. The summed E-state index contributed by atoms with van der Waals surface area (Å²) >= 11 is 0. The van der Waals surface area contributed by atoms with Gasteiger partial charge in [0.2, 0.25) is 11.7 Å². The highest BCUT2D eigenvalue weighted by Gasteiger charge is 2.38. The minimum atomic E-state index is -4.67. The van der Waals surface area contributed by atoms with Crippen molar-refractivity contribution in [2.45, 2.75) is 38.4 Å². The summed E-state index contributed by atoms with van der Waals surface area (Å²) in [5, 5.41) is 0. The molecule has 0 aliphatic carbocycles. The lowest BCUT2D eigenvalue weighted by atomic mass is 10.2. The van der Waals surface area contributed by atoms with Gasteiger partial charge in [-0.1, -0.05) is 12.8 Å². The van der Waals surface area contributed by atoms with Crippen molar-refractivity contribution in [3.63, 3.8) is 0 Å². The minimum Gasteiger partial charge on any atom is -0.486 e. The van der Waals surface area contributed by atoms with Crippen molar-refractivity contribution in [2.24, 2.45) is 0 Å².